The van der Waals surface area contributed by atoms with Gasteiger partial charge in [0, 0.05) is 42.0 Å². The maximum absolute atomic E-state index is 12.5. The van der Waals surface area contributed by atoms with E-state index in [9.17, 15) is 9.59 Å². The number of hydrogen-bond donors (Lipinski definition) is 0. The molecule has 0 fully saturated rings. The van der Waals surface area contributed by atoms with E-state index in [0.717, 1.165) is 33.2 Å². The van der Waals surface area contributed by atoms with Gasteiger partial charge in [-0.05, 0) is 42.3 Å². The van der Waals surface area contributed by atoms with E-state index in [4.69, 9.17) is 4.98 Å². The van der Waals surface area contributed by atoms with Gasteiger partial charge < -0.3 is 0 Å². The number of aromatic nitrogens is 5. The van der Waals surface area contributed by atoms with Crippen molar-refractivity contribution < 1.29 is 9.59 Å². The lowest BCUT2D eigenvalue weighted by Crippen LogP contribution is -2.03. The summed E-state index contributed by atoms with van der Waals surface area (Å²) < 4.78 is 1.80. The molecule has 0 unspecified atom stereocenters. The van der Waals surface area contributed by atoms with E-state index in [1.165, 1.54) is 0 Å². The summed E-state index contributed by atoms with van der Waals surface area (Å²) in [6.07, 6.45) is 3.74. The number of Topliss-reactive ketones (excluding diaryl/α,β-unsaturated/α-hetero) is 2. The largest absolute Gasteiger partial charge is 0.300 e. The van der Waals surface area contributed by atoms with E-state index in [2.05, 4.69) is 21.4 Å². The Morgan fingerprint density at radius 3 is 2.57 bits per heavy atom. The van der Waals surface area contributed by atoms with Crippen molar-refractivity contribution in [2.45, 2.75) is 39.2 Å². The summed E-state index contributed by atoms with van der Waals surface area (Å²) in [6, 6.07) is 21.4. The number of nitrogens with zero attached hydrogens (tertiary/aromatic N) is 5. The summed E-state index contributed by atoms with van der Waals surface area (Å²) in [4.78, 5) is 33.1. The molecule has 0 saturated heterocycles. The monoisotopic (exact) mass is 463 g/mol. The van der Waals surface area contributed by atoms with Crippen LogP contribution in [-0.4, -0.2) is 36.5 Å². The van der Waals surface area contributed by atoms with E-state index in [0.29, 0.717) is 43.4 Å². The number of hydrogen-bond acceptors (Lipinski definition) is 6. The second-order valence-electron chi connectivity index (χ2n) is 8.56. The molecule has 0 saturated carbocycles. The van der Waals surface area contributed by atoms with E-state index in [-0.39, 0.29) is 11.6 Å². The van der Waals surface area contributed by atoms with Gasteiger partial charge in [0.15, 0.2) is 11.4 Å². The van der Waals surface area contributed by atoms with Crippen LogP contribution >= 0.6 is 0 Å². The van der Waals surface area contributed by atoms with Crippen molar-refractivity contribution in [1.29, 1.82) is 0 Å². The standard InChI is InChI=1S/C28H25N5O2/c1-2-23(34)6-3-7-27(35)21-11-9-20(10-12-21)25-14-15-26-28(30-25)33(32-31-26)18-19-8-13-24-22(17-19)5-4-16-29-24/h4-5,8-17H,2-3,6-7,18H2,1H3. The number of rotatable bonds is 9. The number of carbonyl (C=O) groups excluding carboxylic acids is 2. The average molecular weight is 464 g/mol. The van der Waals surface area contributed by atoms with Crippen molar-refractivity contribution in [3.8, 4) is 11.3 Å². The maximum Gasteiger partial charge on any atom is 0.179 e. The van der Waals surface area contributed by atoms with Crippen LogP contribution in [0, 0.1) is 0 Å². The van der Waals surface area contributed by atoms with E-state index >= 15 is 0 Å². The molecule has 0 aliphatic heterocycles. The van der Waals surface area contributed by atoms with Gasteiger partial charge in [-0.15, -0.1) is 5.10 Å². The van der Waals surface area contributed by atoms with Gasteiger partial charge in [0.25, 0.3) is 0 Å². The lowest BCUT2D eigenvalue weighted by atomic mass is 10.0. The van der Waals surface area contributed by atoms with Crippen LogP contribution in [0.5, 0.6) is 0 Å². The molecule has 0 atom stereocenters. The number of pyridine rings is 2. The van der Waals surface area contributed by atoms with Crippen molar-refractivity contribution in [2.24, 2.45) is 0 Å². The van der Waals surface area contributed by atoms with Crippen molar-refractivity contribution in [2.75, 3.05) is 0 Å². The normalized spacial score (nSPS) is 11.2. The summed E-state index contributed by atoms with van der Waals surface area (Å²) in [5.41, 5.74) is 5.82. The van der Waals surface area contributed by atoms with Crippen molar-refractivity contribution in [3.05, 3.63) is 84.1 Å². The minimum atomic E-state index is 0.0525. The van der Waals surface area contributed by atoms with Gasteiger partial charge in [-0.1, -0.05) is 48.5 Å². The number of ketones is 2. The highest BCUT2D eigenvalue weighted by Crippen LogP contribution is 2.22. The quantitative estimate of drug-likeness (QED) is 0.271. The molecule has 0 aliphatic rings. The lowest BCUT2D eigenvalue weighted by molar-refractivity contribution is -0.118. The molecule has 0 spiro atoms. The molecule has 0 aliphatic carbocycles. The number of benzene rings is 2. The molecular weight excluding hydrogens is 438 g/mol. The van der Waals surface area contributed by atoms with Crippen molar-refractivity contribution in [3.63, 3.8) is 0 Å². The molecule has 0 radical (unpaired) electrons. The van der Waals surface area contributed by atoms with Crippen molar-refractivity contribution >= 4 is 33.6 Å². The van der Waals surface area contributed by atoms with Gasteiger partial charge in [0.05, 0.1) is 17.8 Å². The highest BCUT2D eigenvalue weighted by molar-refractivity contribution is 5.96. The van der Waals surface area contributed by atoms with Crippen LogP contribution < -0.4 is 0 Å². The van der Waals surface area contributed by atoms with Crippen LogP contribution in [0.25, 0.3) is 33.3 Å². The first-order chi connectivity index (χ1) is 17.1. The second kappa shape index (κ2) is 9.93. The third-order valence-electron chi connectivity index (χ3n) is 6.12. The van der Waals surface area contributed by atoms with E-state index in [1.807, 2.05) is 67.6 Å². The first-order valence-corrected chi connectivity index (χ1v) is 11.8. The van der Waals surface area contributed by atoms with Crippen LogP contribution in [0.15, 0.2) is 72.9 Å². The fourth-order valence-electron chi connectivity index (χ4n) is 4.11. The molecule has 35 heavy (non-hydrogen) atoms. The fraction of sp³-hybridized carbons (Fsp3) is 0.214. The molecule has 7 nitrogen and oxygen atoms in total. The van der Waals surface area contributed by atoms with E-state index in [1.54, 1.807) is 10.9 Å². The second-order valence-corrected chi connectivity index (χ2v) is 8.56. The van der Waals surface area contributed by atoms with Crippen LogP contribution in [0.4, 0.5) is 0 Å². The summed E-state index contributed by atoms with van der Waals surface area (Å²) in [5, 5.41) is 9.65. The number of fused-ring (bicyclic) bond motifs is 2. The summed E-state index contributed by atoms with van der Waals surface area (Å²) in [5.74, 6) is 0.248. The highest BCUT2D eigenvalue weighted by atomic mass is 16.1. The van der Waals surface area contributed by atoms with Crippen molar-refractivity contribution in [1.82, 2.24) is 25.0 Å². The predicted molar refractivity (Wildman–Crippen MR) is 135 cm³/mol. The highest BCUT2D eigenvalue weighted by Gasteiger charge is 2.11. The smallest absolute Gasteiger partial charge is 0.179 e. The third kappa shape index (κ3) is 4.99. The Balaban J connectivity index is 1.34. The Labute approximate surface area is 202 Å². The van der Waals surface area contributed by atoms with Gasteiger partial charge in [-0.25, -0.2) is 9.67 Å². The summed E-state index contributed by atoms with van der Waals surface area (Å²) in [6.45, 7) is 2.39. The predicted octanol–water partition coefficient (Wildman–Crippen LogP) is 5.42. The molecule has 174 valence electrons. The topological polar surface area (TPSA) is 90.6 Å². The average Bonchev–Trinajstić information content (AvgIpc) is 3.30. The van der Waals surface area contributed by atoms with Gasteiger partial charge in [0.2, 0.25) is 0 Å². The molecule has 2 aromatic carbocycles. The molecule has 5 rings (SSSR count). The molecule has 0 N–H and O–H groups in total. The molecule has 0 amide bonds. The first kappa shape index (κ1) is 22.5. The first-order valence-electron chi connectivity index (χ1n) is 11.8. The molecule has 0 bridgehead atoms. The Kier molecular flexibility index (Phi) is 6.39. The van der Waals surface area contributed by atoms with Gasteiger partial charge in [0.1, 0.15) is 11.3 Å². The number of carbonyl (C=O) groups is 2. The lowest BCUT2D eigenvalue weighted by Gasteiger charge is -2.06. The van der Waals surface area contributed by atoms with Crippen LogP contribution in [0.1, 0.15) is 48.5 Å². The molecule has 3 aromatic heterocycles. The Bertz CT molecular complexity index is 1520. The fourth-order valence-corrected chi connectivity index (χ4v) is 4.11. The summed E-state index contributed by atoms with van der Waals surface area (Å²) >= 11 is 0. The maximum atomic E-state index is 12.5. The molecular formula is C28H25N5O2. The van der Waals surface area contributed by atoms with Crippen LogP contribution in [0.2, 0.25) is 0 Å². The SMILES string of the molecule is CCC(=O)CCCC(=O)c1ccc(-c2ccc3nnn(Cc4ccc5ncccc5c4)c3n2)cc1. The van der Waals surface area contributed by atoms with Gasteiger partial charge >= 0.3 is 0 Å². The Hall–Kier alpha value is -4.26. The van der Waals surface area contributed by atoms with Gasteiger partial charge in [-0.2, -0.15) is 0 Å². The molecule has 7 heteroatoms. The molecule has 5 aromatic rings. The zero-order valence-electron chi connectivity index (χ0n) is 19.5. The Morgan fingerprint density at radius 1 is 0.914 bits per heavy atom. The van der Waals surface area contributed by atoms with Crippen LogP contribution in [0.3, 0.4) is 0 Å². The zero-order chi connectivity index (χ0) is 24.2. The molecule has 3 heterocycles. The summed E-state index contributed by atoms with van der Waals surface area (Å²) in [7, 11) is 0. The van der Waals surface area contributed by atoms with Gasteiger partial charge in [-0.3, -0.25) is 14.6 Å². The van der Waals surface area contributed by atoms with E-state index < -0.39 is 0 Å². The minimum Gasteiger partial charge on any atom is -0.300 e. The Morgan fingerprint density at radius 2 is 1.74 bits per heavy atom. The zero-order valence-corrected chi connectivity index (χ0v) is 19.5. The van der Waals surface area contributed by atoms with Crippen LogP contribution in [-0.2, 0) is 11.3 Å². The minimum absolute atomic E-state index is 0.0525. The third-order valence-corrected chi connectivity index (χ3v) is 6.12.